The number of carbonyl (C=O) groups is 2. The molecule has 0 aromatic heterocycles. The summed E-state index contributed by atoms with van der Waals surface area (Å²) in [5, 5.41) is 2.92. The van der Waals surface area contributed by atoms with Gasteiger partial charge in [0.25, 0.3) is 0 Å². The number of amidine groups is 1. The van der Waals surface area contributed by atoms with Gasteiger partial charge in [-0.3, -0.25) is 9.79 Å². The first kappa shape index (κ1) is 40.4. The van der Waals surface area contributed by atoms with Crippen molar-refractivity contribution < 1.29 is 32.2 Å². The lowest BCUT2D eigenvalue weighted by Gasteiger charge is -2.13. The quantitative estimate of drug-likeness (QED) is 0.162. The summed E-state index contributed by atoms with van der Waals surface area (Å²) in [5.74, 6) is -0.608. The summed E-state index contributed by atoms with van der Waals surface area (Å²) in [4.78, 5) is 35.9. The number of hydrogen-bond acceptors (Lipinski definition) is 6. The second-order valence-corrected chi connectivity index (χ2v) is 11.7. The number of aliphatic imine (C=N–C) groups is 3. The molecule has 2 aromatic rings. The molecule has 0 aliphatic heterocycles. The van der Waals surface area contributed by atoms with Crippen LogP contribution in [-0.2, 0) is 11.2 Å². The van der Waals surface area contributed by atoms with Crippen molar-refractivity contribution in [2.75, 3.05) is 33.6 Å². The maximum absolute atomic E-state index is 14.7. The Morgan fingerprint density at radius 1 is 1.09 bits per heavy atom. The van der Waals surface area contributed by atoms with E-state index in [0.717, 1.165) is 31.7 Å². The van der Waals surface area contributed by atoms with E-state index >= 15 is 0 Å². The first-order valence-corrected chi connectivity index (χ1v) is 16.1. The molecular weight excluding hydrogens is 617 g/mol. The summed E-state index contributed by atoms with van der Waals surface area (Å²) in [6.45, 7) is 8.15. The van der Waals surface area contributed by atoms with Crippen molar-refractivity contribution >= 4 is 40.7 Å². The van der Waals surface area contributed by atoms with E-state index in [2.05, 4.69) is 27.2 Å². The maximum atomic E-state index is 14.7. The minimum atomic E-state index is -2.65. The number of nitrogens with zero attached hydrogens (tertiary/aromatic N) is 3. The van der Waals surface area contributed by atoms with Gasteiger partial charge >= 0.3 is 6.03 Å². The number of carbonyl (C=O) groups excluding carboxylic acids is 2. The van der Waals surface area contributed by atoms with Crippen molar-refractivity contribution in [2.45, 2.75) is 78.8 Å². The van der Waals surface area contributed by atoms with Gasteiger partial charge in [-0.15, -0.1) is 11.8 Å². The van der Waals surface area contributed by atoms with Gasteiger partial charge in [-0.05, 0) is 74.6 Å². The Kier molecular flexibility index (Phi) is 18.6. The van der Waals surface area contributed by atoms with Crippen LogP contribution in [0.5, 0.6) is 11.5 Å². The standard InChI is InChI=1S/C23H33FN4O3S.C11H14F2O/c1-6-8-12-26-22(25-4)19-11-10-17(13-21(19)31-5)20(24)14-27-23(30)28-16(3)32-15-18(29)9-7-2;1-8-6-10(14-3)5-4-9(8)7-11(2,12)13/h10-13,20H,6-9,14-15H2,1-5H3,(H,27,30);4-6H,7H2,1-3H3/b25-22?,26-12?,28-16-;. The third kappa shape index (κ3) is 15.6. The fourth-order valence-corrected chi connectivity index (χ4v) is 4.65. The van der Waals surface area contributed by atoms with Crippen molar-refractivity contribution in [1.82, 2.24) is 5.32 Å². The van der Waals surface area contributed by atoms with Crippen LogP contribution in [-0.4, -0.2) is 68.4 Å². The number of alkyl halides is 3. The number of unbranched alkanes of at least 4 members (excludes halogenated alkanes) is 1. The molecule has 0 bridgehead atoms. The molecule has 2 aromatic carbocycles. The summed E-state index contributed by atoms with van der Waals surface area (Å²) in [7, 11) is 4.70. The van der Waals surface area contributed by atoms with Gasteiger partial charge in [0.15, 0.2) is 5.84 Å². The Hall–Kier alpha value is -3.67. The van der Waals surface area contributed by atoms with Gasteiger partial charge in [0.05, 0.1) is 37.1 Å². The fourth-order valence-electron chi connectivity index (χ4n) is 3.99. The summed E-state index contributed by atoms with van der Waals surface area (Å²) in [6, 6.07) is 9.42. The minimum absolute atomic E-state index is 0.112. The summed E-state index contributed by atoms with van der Waals surface area (Å²) >= 11 is 1.21. The number of amides is 2. The molecule has 8 nitrogen and oxygen atoms in total. The molecular formula is C34H47F3N4O4S. The van der Waals surface area contributed by atoms with Crippen molar-refractivity contribution in [1.29, 1.82) is 0 Å². The highest BCUT2D eigenvalue weighted by atomic mass is 32.2. The molecule has 1 unspecified atom stereocenters. The van der Waals surface area contributed by atoms with Crippen molar-refractivity contribution in [3.05, 3.63) is 58.7 Å². The molecule has 1 N–H and O–H groups in total. The first-order valence-electron chi connectivity index (χ1n) is 15.1. The first-order chi connectivity index (χ1) is 21.8. The van der Waals surface area contributed by atoms with E-state index in [9.17, 15) is 22.8 Å². The highest BCUT2D eigenvalue weighted by molar-refractivity contribution is 8.14. The van der Waals surface area contributed by atoms with Gasteiger partial charge in [-0.2, -0.15) is 4.99 Å². The van der Waals surface area contributed by atoms with Crippen LogP contribution in [0.25, 0.3) is 0 Å². The van der Waals surface area contributed by atoms with Crippen LogP contribution >= 0.6 is 11.8 Å². The Morgan fingerprint density at radius 2 is 1.80 bits per heavy atom. The zero-order valence-corrected chi connectivity index (χ0v) is 28.9. The number of rotatable bonds is 14. The van der Waals surface area contributed by atoms with Crippen LogP contribution < -0.4 is 14.8 Å². The smallest absolute Gasteiger partial charge is 0.341 e. The Bertz CT molecular complexity index is 1360. The van der Waals surface area contributed by atoms with Gasteiger partial charge in [0.2, 0.25) is 5.92 Å². The molecule has 2 rings (SSSR count). The summed E-state index contributed by atoms with van der Waals surface area (Å²) in [6.07, 6.45) is 3.24. The Morgan fingerprint density at radius 3 is 2.37 bits per heavy atom. The number of methoxy groups -OCH3 is 2. The van der Waals surface area contributed by atoms with Crippen LogP contribution in [0, 0.1) is 6.92 Å². The van der Waals surface area contributed by atoms with E-state index in [1.807, 2.05) is 13.8 Å². The van der Waals surface area contributed by atoms with E-state index in [1.54, 1.807) is 63.7 Å². The molecule has 0 saturated heterocycles. The lowest BCUT2D eigenvalue weighted by Crippen LogP contribution is -2.25. The number of ether oxygens (including phenoxy) is 2. The molecule has 0 aliphatic rings. The molecule has 0 radical (unpaired) electrons. The van der Waals surface area contributed by atoms with Crippen molar-refractivity contribution in [3.8, 4) is 11.5 Å². The maximum Gasteiger partial charge on any atom is 0.341 e. The Balaban J connectivity index is 0.000000626. The molecule has 12 heteroatoms. The number of aryl methyl sites for hydroxylation is 1. The molecule has 46 heavy (non-hydrogen) atoms. The molecule has 0 spiro atoms. The number of thioether (sulfide) groups is 1. The number of halogens is 3. The lowest BCUT2D eigenvalue weighted by molar-refractivity contribution is -0.116. The number of ketones is 1. The average Bonchev–Trinajstić information content (AvgIpc) is 3.01. The van der Waals surface area contributed by atoms with Gasteiger partial charge in [0.1, 0.15) is 23.5 Å². The number of benzene rings is 2. The van der Waals surface area contributed by atoms with E-state index < -0.39 is 18.1 Å². The largest absolute Gasteiger partial charge is 0.497 e. The van der Waals surface area contributed by atoms with Gasteiger partial charge in [-0.1, -0.05) is 32.4 Å². The fraction of sp³-hybridized carbons (Fsp3) is 0.500. The van der Waals surface area contributed by atoms with Crippen LogP contribution in [0.4, 0.5) is 18.0 Å². The average molecular weight is 665 g/mol. The molecule has 0 fully saturated rings. The van der Waals surface area contributed by atoms with Crippen LogP contribution in [0.2, 0.25) is 0 Å². The number of Topliss-reactive ketones (excluding diaryl/α,β-unsaturated/α-hetero) is 1. The zero-order valence-electron chi connectivity index (χ0n) is 28.1. The van der Waals surface area contributed by atoms with Crippen molar-refractivity contribution in [3.63, 3.8) is 0 Å². The second kappa shape index (κ2) is 21.2. The molecule has 0 saturated carbocycles. The second-order valence-electron chi connectivity index (χ2n) is 10.5. The van der Waals surface area contributed by atoms with E-state index in [0.29, 0.717) is 45.5 Å². The van der Waals surface area contributed by atoms with Crippen molar-refractivity contribution in [2.24, 2.45) is 15.0 Å². The monoisotopic (exact) mass is 664 g/mol. The predicted molar refractivity (Wildman–Crippen MR) is 184 cm³/mol. The minimum Gasteiger partial charge on any atom is -0.497 e. The molecule has 254 valence electrons. The zero-order chi connectivity index (χ0) is 34.7. The van der Waals surface area contributed by atoms with Crippen LogP contribution in [0.3, 0.4) is 0 Å². The molecule has 0 heterocycles. The third-order valence-corrected chi connectivity index (χ3v) is 7.36. The molecule has 2 amide bonds. The highest BCUT2D eigenvalue weighted by Crippen LogP contribution is 2.27. The van der Waals surface area contributed by atoms with Gasteiger partial charge in [0, 0.05) is 26.1 Å². The number of nitrogens with one attached hydrogen (secondary N) is 1. The lowest BCUT2D eigenvalue weighted by atomic mass is 10.0. The highest BCUT2D eigenvalue weighted by Gasteiger charge is 2.22. The molecule has 1 atom stereocenters. The third-order valence-electron chi connectivity index (χ3n) is 6.38. The van der Waals surface area contributed by atoms with E-state index in [4.69, 9.17) is 9.47 Å². The van der Waals surface area contributed by atoms with Gasteiger partial charge < -0.3 is 14.8 Å². The van der Waals surface area contributed by atoms with E-state index in [-0.39, 0.29) is 24.5 Å². The summed E-state index contributed by atoms with van der Waals surface area (Å²) < 4.78 is 50.6. The van der Waals surface area contributed by atoms with Crippen LogP contribution in [0.15, 0.2) is 51.4 Å². The SMILES string of the molecule is CCCC=NC(=NC)c1ccc(C(F)CNC(=O)/N=C(/C)SCC(=O)CCC)cc1OC.COc1ccc(CC(C)(F)F)c(C)c1. The van der Waals surface area contributed by atoms with E-state index in [1.165, 1.54) is 18.9 Å². The van der Waals surface area contributed by atoms with Gasteiger partial charge in [-0.25, -0.2) is 23.0 Å². The number of urea groups is 1. The number of hydrogen-bond donors (Lipinski definition) is 1. The Labute approximate surface area is 275 Å². The molecule has 0 aliphatic carbocycles. The summed E-state index contributed by atoms with van der Waals surface area (Å²) in [5.41, 5.74) is 2.53. The topological polar surface area (TPSA) is 102 Å². The van der Waals surface area contributed by atoms with Crippen LogP contribution in [0.1, 0.15) is 81.8 Å². The normalized spacial score (nSPS) is 12.8. The predicted octanol–water partition coefficient (Wildman–Crippen LogP) is 8.38.